The van der Waals surface area contributed by atoms with Gasteiger partial charge in [-0.2, -0.15) is 0 Å². The third kappa shape index (κ3) is 2.09. The van der Waals surface area contributed by atoms with Crippen LogP contribution < -0.4 is 5.73 Å². The molecule has 1 aromatic carbocycles. The van der Waals surface area contributed by atoms with Crippen molar-refractivity contribution in [3.8, 4) is 0 Å². The molecule has 88 valence electrons. The van der Waals surface area contributed by atoms with E-state index in [1.165, 1.54) is 6.07 Å². The van der Waals surface area contributed by atoms with Gasteiger partial charge in [-0.15, -0.1) is 0 Å². The minimum Gasteiger partial charge on any atom is -0.328 e. The Morgan fingerprint density at radius 1 is 1.44 bits per heavy atom. The second kappa shape index (κ2) is 4.13. The maximum atomic E-state index is 14.7. The fourth-order valence-electron chi connectivity index (χ4n) is 2.45. The van der Waals surface area contributed by atoms with Gasteiger partial charge in [-0.05, 0) is 49.4 Å². The predicted molar refractivity (Wildman–Crippen MR) is 60.4 cm³/mol. The van der Waals surface area contributed by atoms with E-state index in [9.17, 15) is 8.78 Å². The quantitative estimate of drug-likeness (QED) is 0.780. The van der Waals surface area contributed by atoms with Crippen LogP contribution in [-0.2, 0) is 5.67 Å². The van der Waals surface area contributed by atoms with Crippen molar-refractivity contribution in [1.82, 2.24) is 0 Å². The van der Waals surface area contributed by atoms with Crippen LogP contribution in [0.25, 0.3) is 0 Å². The first kappa shape index (κ1) is 11.5. The summed E-state index contributed by atoms with van der Waals surface area (Å²) in [5.74, 6) is -0.285. The lowest BCUT2D eigenvalue weighted by atomic mass is 9.78. The van der Waals surface area contributed by atoms with E-state index in [1.54, 1.807) is 19.1 Å². The van der Waals surface area contributed by atoms with Crippen molar-refractivity contribution in [2.24, 2.45) is 5.73 Å². The molecule has 1 aromatic rings. The van der Waals surface area contributed by atoms with Gasteiger partial charge in [0.1, 0.15) is 11.5 Å². The molecule has 0 amide bonds. The van der Waals surface area contributed by atoms with Crippen LogP contribution in [0.1, 0.15) is 36.8 Å². The Kier molecular flexibility index (Phi) is 2.98. The van der Waals surface area contributed by atoms with Crippen LogP contribution in [0.4, 0.5) is 8.78 Å². The van der Waals surface area contributed by atoms with Crippen molar-refractivity contribution in [1.29, 1.82) is 0 Å². The molecule has 0 radical (unpaired) electrons. The van der Waals surface area contributed by atoms with E-state index in [0.29, 0.717) is 24.0 Å². The molecule has 2 N–H and O–H groups in total. The van der Waals surface area contributed by atoms with Crippen LogP contribution in [-0.4, -0.2) is 6.04 Å². The van der Waals surface area contributed by atoms with Crippen molar-refractivity contribution in [2.75, 3.05) is 0 Å². The van der Waals surface area contributed by atoms with E-state index < -0.39 is 5.67 Å². The van der Waals surface area contributed by atoms with Crippen LogP contribution in [0.3, 0.4) is 0 Å². The van der Waals surface area contributed by atoms with Crippen LogP contribution >= 0.6 is 0 Å². The Bertz CT molecular complexity index is 392. The molecule has 1 nitrogen and oxygen atoms in total. The van der Waals surface area contributed by atoms with Gasteiger partial charge in [-0.3, -0.25) is 0 Å². The summed E-state index contributed by atoms with van der Waals surface area (Å²) in [5, 5.41) is 0. The second-order valence-corrected chi connectivity index (χ2v) is 4.79. The largest absolute Gasteiger partial charge is 0.328 e. The Balaban J connectivity index is 2.31. The fourth-order valence-corrected chi connectivity index (χ4v) is 2.45. The van der Waals surface area contributed by atoms with Crippen molar-refractivity contribution >= 4 is 0 Å². The number of hydrogen-bond donors (Lipinski definition) is 1. The highest BCUT2D eigenvalue weighted by molar-refractivity contribution is 5.29. The van der Waals surface area contributed by atoms with E-state index >= 15 is 0 Å². The van der Waals surface area contributed by atoms with Crippen LogP contribution in [0, 0.1) is 12.7 Å². The Morgan fingerprint density at radius 3 is 2.81 bits per heavy atom. The highest BCUT2D eigenvalue weighted by Crippen LogP contribution is 2.40. The minimum absolute atomic E-state index is 0.0795. The lowest BCUT2D eigenvalue weighted by molar-refractivity contribution is 0.0946. The minimum atomic E-state index is -1.36. The van der Waals surface area contributed by atoms with Gasteiger partial charge >= 0.3 is 0 Å². The Hall–Kier alpha value is -0.960. The third-order valence-corrected chi connectivity index (χ3v) is 3.41. The second-order valence-electron chi connectivity index (χ2n) is 4.79. The number of benzene rings is 1. The number of aryl methyl sites for hydroxylation is 1. The first-order valence-corrected chi connectivity index (χ1v) is 5.72. The maximum absolute atomic E-state index is 14.7. The van der Waals surface area contributed by atoms with Gasteiger partial charge in [0, 0.05) is 12.5 Å². The van der Waals surface area contributed by atoms with Crippen molar-refractivity contribution in [3.05, 3.63) is 35.1 Å². The lowest BCUT2D eigenvalue weighted by Gasteiger charge is -2.33. The highest BCUT2D eigenvalue weighted by atomic mass is 19.1. The van der Waals surface area contributed by atoms with Crippen molar-refractivity contribution in [2.45, 2.75) is 44.3 Å². The molecule has 16 heavy (non-hydrogen) atoms. The molecule has 1 aliphatic rings. The summed E-state index contributed by atoms with van der Waals surface area (Å²) in [4.78, 5) is 0. The zero-order valence-corrected chi connectivity index (χ0v) is 9.47. The molecule has 2 atom stereocenters. The molecule has 2 rings (SSSR count). The molecule has 2 unspecified atom stereocenters. The molecule has 1 saturated carbocycles. The third-order valence-electron chi connectivity index (χ3n) is 3.41. The number of rotatable bonds is 1. The average Bonchev–Trinajstić information content (AvgIpc) is 2.21. The molecule has 3 heteroatoms. The van der Waals surface area contributed by atoms with Gasteiger partial charge < -0.3 is 5.73 Å². The standard InChI is InChI=1S/C13H17F2N/c1-9-7-10(4-5-12(9)14)13(15)6-2-3-11(16)8-13/h4-5,7,11H,2-3,6,8,16H2,1H3. The molecule has 1 fully saturated rings. The number of alkyl halides is 1. The first-order chi connectivity index (χ1) is 7.51. The summed E-state index contributed by atoms with van der Waals surface area (Å²) in [7, 11) is 0. The molecule has 0 bridgehead atoms. The first-order valence-electron chi connectivity index (χ1n) is 5.72. The van der Waals surface area contributed by atoms with Crippen molar-refractivity contribution in [3.63, 3.8) is 0 Å². The van der Waals surface area contributed by atoms with Gasteiger partial charge in [0.2, 0.25) is 0 Å². The summed E-state index contributed by atoms with van der Waals surface area (Å²) in [5.41, 5.74) is 5.50. The zero-order valence-electron chi connectivity index (χ0n) is 9.47. The van der Waals surface area contributed by atoms with Gasteiger partial charge in [-0.25, -0.2) is 8.78 Å². The monoisotopic (exact) mass is 225 g/mol. The van der Waals surface area contributed by atoms with Crippen LogP contribution in [0.15, 0.2) is 18.2 Å². The summed E-state index contributed by atoms with van der Waals surface area (Å²) in [6.07, 6.45) is 2.52. The molecule has 0 aromatic heterocycles. The SMILES string of the molecule is Cc1cc(C2(F)CCCC(N)C2)ccc1F. The van der Waals surface area contributed by atoms with E-state index in [4.69, 9.17) is 5.73 Å². The summed E-state index contributed by atoms with van der Waals surface area (Å²) < 4.78 is 27.8. The Morgan fingerprint density at radius 2 is 2.19 bits per heavy atom. The fraction of sp³-hybridized carbons (Fsp3) is 0.538. The normalized spacial score (nSPS) is 30.4. The Labute approximate surface area is 94.7 Å². The highest BCUT2D eigenvalue weighted by Gasteiger charge is 2.36. The lowest BCUT2D eigenvalue weighted by Crippen LogP contribution is -2.36. The van der Waals surface area contributed by atoms with E-state index in [1.807, 2.05) is 0 Å². The maximum Gasteiger partial charge on any atom is 0.137 e. The molecule has 0 heterocycles. The van der Waals surface area contributed by atoms with Crippen LogP contribution in [0.5, 0.6) is 0 Å². The topological polar surface area (TPSA) is 26.0 Å². The molecule has 1 aliphatic carbocycles. The molecule has 0 aliphatic heterocycles. The summed E-state index contributed by atoms with van der Waals surface area (Å²) in [6.45, 7) is 1.66. The van der Waals surface area contributed by atoms with E-state index in [2.05, 4.69) is 0 Å². The molecule has 0 saturated heterocycles. The predicted octanol–water partition coefficient (Wildman–Crippen LogP) is 3.20. The van der Waals surface area contributed by atoms with E-state index in [0.717, 1.165) is 12.8 Å². The number of hydrogen-bond acceptors (Lipinski definition) is 1. The molecule has 0 spiro atoms. The van der Waals surface area contributed by atoms with Gasteiger partial charge in [0.15, 0.2) is 0 Å². The molecular formula is C13H17F2N. The zero-order chi connectivity index (χ0) is 11.8. The van der Waals surface area contributed by atoms with Gasteiger partial charge in [0.25, 0.3) is 0 Å². The van der Waals surface area contributed by atoms with Crippen molar-refractivity contribution < 1.29 is 8.78 Å². The number of nitrogens with two attached hydrogens (primary N) is 1. The number of halogens is 2. The summed E-state index contributed by atoms with van der Waals surface area (Å²) >= 11 is 0. The van der Waals surface area contributed by atoms with E-state index in [-0.39, 0.29) is 11.9 Å². The molecular weight excluding hydrogens is 208 g/mol. The smallest absolute Gasteiger partial charge is 0.137 e. The van der Waals surface area contributed by atoms with Gasteiger partial charge in [-0.1, -0.05) is 6.07 Å². The van der Waals surface area contributed by atoms with Crippen LogP contribution in [0.2, 0.25) is 0 Å². The summed E-state index contributed by atoms with van der Waals surface area (Å²) in [6, 6.07) is 4.41. The van der Waals surface area contributed by atoms with Gasteiger partial charge in [0.05, 0.1) is 0 Å². The average molecular weight is 225 g/mol.